The molecule has 0 bridgehead atoms. The lowest BCUT2D eigenvalue weighted by Gasteiger charge is -2.38. The quantitative estimate of drug-likeness (QED) is 0.753. The van der Waals surface area contributed by atoms with Crippen molar-refractivity contribution >= 4 is 6.09 Å². The van der Waals surface area contributed by atoms with Gasteiger partial charge in [0, 0.05) is 19.1 Å². The van der Waals surface area contributed by atoms with E-state index in [-0.39, 0.29) is 6.09 Å². The maximum absolute atomic E-state index is 11.5. The molecule has 0 radical (unpaired) electrons. The van der Waals surface area contributed by atoms with E-state index in [1.165, 1.54) is 7.11 Å². The normalized spacial score (nSPS) is 26.9. The molecule has 1 aliphatic rings. The number of likely N-dealkylation sites (N-methyl/N-ethyl adjacent to an activating group) is 1. The molecule has 0 saturated carbocycles. The van der Waals surface area contributed by atoms with E-state index in [4.69, 9.17) is 4.74 Å². The third-order valence-corrected chi connectivity index (χ3v) is 3.27. The first-order valence-corrected chi connectivity index (χ1v) is 5.58. The highest BCUT2D eigenvalue weighted by molar-refractivity contribution is 5.67. The Morgan fingerprint density at radius 1 is 1.47 bits per heavy atom. The standard InChI is InChI=1S/C11H22N2O2/c1-8(2)9-5-10(12-3)7-13(6-9)11(14)15-4/h8-10,12H,5-7H2,1-4H3. The van der Waals surface area contributed by atoms with E-state index in [1.54, 1.807) is 4.90 Å². The van der Waals surface area contributed by atoms with E-state index in [0.29, 0.717) is 17.9 Å². The number of likely N-dealkylation sites (tertiary alicyclic amines) is 1. The van der Waals surface area contributed by atoms with Gasteiger partial charge in [0.2, 0.25) is 0 Å². The highest BCUT2D eigenvalue weighted by Gasteiger charge is 2.31. The van der Waals surface area contributed by atoms with Crippen molar-refractivity contribution in [2.45, 2.75) is 26.3 Å². The number of methoxy groups -OCH3 is 1. The zero-order valence-electron chi connectivity index (χ0n) is 10.1. The molecular formula is C11H22N2O2. The van der Waals surface area contributed by atoms with Crippen LogP contribution in [0.25, 0.3) is 0 Å². The fourth-order valence-corrected chi connectivity index (χ4v) is 2.11. The number of nitrogens with zero attached hydrogens (tertiary/aromatic N) is 1. The van der Waals surface area contributed by atoms with Gasteiger partial charge in [-0.15, -0.1) is 0 Å². The van der Waals surface area contributed by atoms with Crippen molar-refractivity contribution in [3.05, 3.63) is 0 Å². The molecule has 1 aliphatic heterocycles. The summed E-state index contributed by atoms with van der Waals surface area (Å²) in [6.07, 6.45) is 0.933. The Labute approximate surface area is 92.0 Å². The monoisotopic (exact) mass is 214 g/mol. The van der Waals surface area contributed by atoms with Gasteiger partial charge in [-0.3, -0.25) is 0 Å². The first-order chi connectivity index (χ1) is 7.08. The number of ether oxygens (including phenoxy) is 1. The molecule has 2 unspecified atom stereocenters. The van der Waals surface area contributed by atoms with Crippen LogP contribution in [0.5, 0.6) is 0 Å². The van der Waals surface area contributed by atoms with Crippen molar-refractivity contribution in [1.29, 1.82) is 0 Å². The van der Waals surface area contributed by atoms with Crippen molar-refractivity contribution in [2.75, 3.05) is 27.2 Å². The molecule has 0 spiro atoms. The second-order valence-corrected chi connectivity index (χ2v) is 4.60. The zero-order chi connectivity index (χ0) is 11.4. The molecule has 1 rings (SSSR count). The fraction of sp³-hybridized carbons (Fsp3) is 0.909. The minimum Gasteiger partial charge on any atom is -0.453 e. The molecule has 4 nitrogen and oxygen atoms in total. The van der Waals surface area contributed by atoms with Gasteiger partial charge in [0.15, 0.2) is 0 Å². The van der Waals surface area contributed by atoms with Gasteiger partial charge in [-0.1, -0.05) is 13.8 Å². The summed E-state index contributed by atoms with van der Waals surface area (Å²) in [4.78, 5) is 13.3. The van der Waals surface area contributed by atoms with Gasteiger partial charge in [-0.25, -0.2) is 4.79 Å². The van der Waals surface area contributed by atoms with Crippen LogP contribution in [0, 0.1) is 11.8 Å². The van der Waals surface area contributed by atoms with Crippen LogP contribution in [-0.2, 0) is 4.74 Å². The number of carbonyl (C=O) groups excluding carboxylic acids is 1. The van der Waals surface area contributed by atoms with Crippen molar-refractivity contribution in [1.82, 2.24) is 10.2 Å². The predicted octanol–water partition coefficient (Wildman–Crippen LogP) is 1.32. The highest BCUT2D eigenvalue weighted by atomic mass is 16.5. The SMILES string of the molecule is CNC1CC(C(C)C)CN(C(=O)OC)C1. The lowest BCUT2D eigenvalue weighted by molar-refractivity contribution is 0.0824. The van der Waals surface area contributed by atoms with Gasteiger partial charge in [-0.05, 0) is 25.3 Å². The number of rotatable bonds is 2. The van der Waals surface area contributed by atoms with Crippen molar-refractivity contribution in [3.63, 3.8) is 0 Å². The zero-order valence-corrected chi connectivity index (χ0v) is 10.1. The number of piperidine rings is 1. The summed E-state index contributed by atoms with van der Waals surface area (Å²) >= 11 is 0. The molecule has 1 heterocycles. The second kappa shape index (κ2) is 5.35. The molecule has 15 heavy (non-hydrogen) atoms. The van der Waals surface area contributed by atoms with Gasteiger partial charge in [0.1, 0.15) is 0 Å². The molecule has 1 amide bonds. The van der Waals surface area contributed by atoms with Gasteiger partial charge < -0.3 is 15.0 Å². The summed E-state index contributed by atoms with van der Waals surface area (Å²) in [5, 5.41) is 3.25. The Hall–Kier alpha value is -0.770. The smallest absolute Gasteiger partial charge is 0.409 e. The molecule has 0 aromatic carbocycles. The van der Waals surface area contributed by atoms with E-state index in [0.717, 1.165) is 19.5 Å². The molecule has 0 aromatic rings. The largest absolute Gasteiger partial charge is 0.453 e. The molecule has 0 aliphatic carbocycles. The summed E-state index contributed by atoms with van der Waals surface area (Å²) in [5.74, 6) is 1.17. The highest BCUT2D eigenvalue weighted by Crippen LogP contribution is 2.24. The van der Waals surface area contributed by atoms with Crippen molar-refractivity contribution in [3.8, 4) is 0 Å². The van der Waals surface area contributed by atoms with Crippen LogP contribution in [0.2, 0.25) is 0 Å². The van der Waals surface area contributed by atoms with Crippen LogP contribution in [0.4, 0.5) is 4.79 Å². The average molecular weight is 214 g/mol. The molecule has 88 valence electrons. The Bertz CT molecular complexity index is 219. The molecule has 1 saturated heterocycles. The third kappa shape index (κ3) is 3.09. The Morgan fingerprint density at radius 2 is 2.13 bits per heavy atom. The van der Waals surface area contributed by atoms with E-state index in [9.17, 15) is 4.79 Å². The molecule has 0 aromatic heterocycles. The number of amides is 1. The second-order valence-electron chi connectivity index (χ2n) is 4.60. The van der Waals surface area contributed by atoms with E-state index >= 15 is 0 Å². The van der Waals surface area contributed by atoms with Crippen molar-refractivity contribution in [2.24, 2.45) is 11.8 Å². The maximum Gasteiger partial charge on any atom is 0.409 e. The van der Waals surface area contributed by atoms with Gasteiger partial charge >= 0.3 is 6.09 Å². The van der Waals surface area contributed by atoms with Crippen molar-refractivity contribution < 1.29 is 9.53 Å². The number of nitrogens with one attached hydrogen (secondary N) is 1. The van der Waals surface area contributed by atoms with Crippen LogP contribution in [0.3, 0.4) is 0 Å². The first-order valence-electron chi connectivity index (χ1n) is 5.58. The number of hydrogen-bond donors (Lipinski definition) is 1. The Kier molecular flexibility index (Phi) is 4.39. The summed E-state index contributed by atoms with van der Waals surface area (Å²) < 4.78 is 4.77. The third-order valence-electron chi connectivity index (χ3n) is 3.27. The summed E-state index contributed by atoms with van der Waals surface area (Å²) in [6, 6.07) is 0.394. The predicted molar refractivity (Wildman–Crippen MR) is 59.8 cm³/mol. The molecular weight excluding hydrogens is 192 g/mol. The van der Waals surface area contributed by atoms with Gasteiger partial charge in [0.25, 0.3) is 0 Å². The first kappa shape index (κ1) is 12.3. The average Bonchev–Trinajstić information content (AvgIpc) is 2.27. The van der Waals surface area contributed by atoms with E-state index < -0.39 is 0 Å². The summed E-state index contributed by atoms with van der Waals surface area (Å²) in [6.45, 7) is 5.99. The Balaban J connectivity index is 2.62. The lowest BCUT2D eigenvalue weighted by atomic mass is 9.86. The van der Waals surface area contributed by atoms with Crippen LogP contribution in [0.15, 0.2) is 0 Å². The molecule has 4 heteroatoms. The van der Waals surface area contributed by atoms with Gasteiger partial charge in [0.05, 0.1) is 7.11 Å². The topological polar surface area (TPSA) is 41.6 Å². The van der Waals surface area contributed by atoms with Crippen LogP contribution in [-0.4, -0.2) is 44.3 Å². The van der Waals surface area contributed by atoms with Crippen LogP contribution >= 0.6 is 0 Å². The number of carbonyl (C=O) groups is 1. The van der Waals surface area contributed by atoms with Crippen LogP contribution in [0.1, 0.15) is 20.3 Å². The molecule has 1 fully saturated rings. The van der Waals surface area contributed by atoms with E-state index in [1.807, 2.05) is 7.05 Å². The summed E-state index contributed by atoms with van der Waals surface area (Å²) in [5.41, 5.74) is 0. The maximum atomic E-state index is 11.5. The Morgan fingerprint density at radius 3 is 2.60 bits per heavy atom. The fourth-order valence-electron chi connectivity index (χ4n) is 2.11. The lowest BCUT2D eigenvalue weighted by Crippen LogP contribution is -2.51. The number of hydrogen-bond acceptors (Lipinski definition) is 3. The van der Waals surface area contributed by atoms with Crippen LogP contribution < -0.4 is 5.32 Å². The summed E-state index contributed by atoms with van der Waals surface area (Å²) in [7, 11) is 3.39. The minimum atomic E-state index is -0.208. The van der Waals surface area contributed by atoms with E-state index in [2.05, 4.69) is 19.2 Å². The molecule has 2 atom stereocenters. The molecule has 1 N–H and O–H groups in total. The minimum absolute atomic E-state index is 0.208. The van der Waals surface area contributed by atoms with Gasteiger partial charge in [-0.2, -0.15) is 0 Å².